The average Bonchev–Trinajstić information content (AvgIpc) is 3.08. The Labute approximate surface area is 155 Å². The molecule has 26 heavy (non-hydrogen) atoms. The van der Waals surface area contributed by atoms with E-state index in [9.17, 15) is 14.0 Å². The Hall–Kier alpha value is -2.61. The van der Waals surface area contributed by atoms with Crippen LogP contribution < -0.4 is 5.32 Å². The van der Waals surface area contributed by atoms with Gasteiger partial charge in [-0.1, -0.05) is 22.7 Å². The minimum Gasteiger partial charge on any atom is -0.349 e. The zero-order chi connectivity index (χ0) is 19.3. The van der Waals surface area contributed by atoms with Crippen LogP contribution in [-0.4, -0.2) is 38.4 Å². The summed E-state index contributed by atoms with van der Waals surface area (Å²) in [7, 11) is 0. The number of nitrogens with one attached hydrogen (secondary N) is 1. The summed E-state index contributed by atoms with van der Waals surface area (Å²) < 4.78 is 17.0. The van der Waals surface area contributed by atoms with Crippen molar-refractivity contribution in [1.82, 2.24) is 19.8 Å². The average molecular weight is 376 g/mol. The summed E-state index contributed by atoms with van der Waals surface area (Å²) in [6, 6.07) is 4.54. The zero-order valence-corrected chi connectivity index (χ0v) is 15.7. The van der Waals surface area contributed by atoms with E-state index in [2.05, 4.69) is 21.5 Å². The molecule has 1 unspecified atom stereocenters. The lowest BCUT2D eigenvalue weighted by atomic mass is 10.0. The first-order chi connectivity index (χ1) is 12.2. The normalized spacial score (nSPS) is 12.3. The summed E-state index contributed by atoms with van der Waals surface area (Å²) in [5, 5.41) is 8.19. The van der Waals surface area contributed by atoms with Crippen LogP contribution in [0.1, 0.15) is 42.9 Å². The maximum absolute atomic E-state index is 13.3. The predicted molar refractivity (Wildman–Crippen MR) is 98.2 cm³/mol. The molecule has 0 bridgehead atoms. The van der Waals surface area contributed by atoms with Crippen LogP contribution in [0.2, 0.25) is 0 Å². The van der Waals surface area contributed by atoms with Gasteiger partial charge in [-0.15, -0.1) is 11.7 Å². The number of hydrogen-bond donors (Lipinski definition) is 1. The second kappa shape index (κ2) is 8.18. The van der Waals surface area contributed by atoms with Gasteiger partial charge >= 0.3 is 0 Å². The maximum Gasteiger partial charge on any atom is 0.276 e. The van der Waals surface area contributed by atoms with Crippen molar-refractivity contribution in [1.29, 1.82) is 0 Å². The van der Waals surface area contributed by atoms with Gasteiger partial charge in [-0.05, 0) is 50.0 Å². The van der Waals surface area contributed by atoms with Gasteiger partial charge in [-0.2, -0.15) is 0 Å². The molecule has 2 aromatic rings. The molecule has 0 aliphatic heterocycles. The highest BCUT2D eigenvalue weighted by Crippen LogP contribution is 2.24. The topological polar surface area (TPSA) is 75.2 Å². The first-order valence-corrected chi connectivity index (χ1v) is 8.83. The van der Waals surface area contributed by atoms with Crippen LogP contribution in [-0.2, 0) is 4.79 Å². The highest BCUT2D eigenvalue weighted by molar-refractivity contribution is 7.03. The van der Waals surface area contributed by atoms with Crippen LogP contribution in [0.4, 0.5) is 4.39 Å². The van der Waals surface area contributed by atoms with Gasteiger partial charge in [0.2, 0.25) is 5.91 Å². The van der Waals surface area contributed by atoms with E-state index in [0.29, 0.717) is 5.56 Å². The van der Waals surface area contributed by atoms with Crippen molar-refractivity contribution < 1.29 is 14.0 Å². The molecular formula is C18H21FN4O2S. The summed E-state index contributed by atoms with van der Waals surface area (Å²) >= 11 is 1.05. The van der Waals surface area contributed by atoms with Crippen LogP contribution in [0.5, 0.6) is 0 Å². The standard InChI is InChI=1S/C18H21FN4O2S/c1-5-10-23(17(25)14-11-26-22-21-14)15(16(24)20-18(2,3)4)12-6-8-13(19)9-7-12/h5-9,11,15H,1,10H2,2-4H3,(H,20,24). The molecule has 0 radical (unpaired) electrons. The zero-order valence-electron chi connectivity index (χ0n) is 14.9. The van der Waals surface area contributed by atoms with E-state index in [1.807, 2.05) is 20.8 Å². The molecule has 6 nitrogen and oxygen atoms in total. The van der Waals surface area contributed by atoms with Crippen molar-refractivity contribution in [3.63, 3.8) is 0 Å². The molecule has 2 rings (SSSR count). The van der Waals surface area contributed by atoms with Gasteiger partial charge in [0, 0.05) is 17.5 Å². The fourth-order valence-corrected chi connectivity index (χ4v) is 2.84. The minimum atomic E-state index is -0.956. The highest BCUT2D eigenvalue weighted by atomic mass is 32.1. The highest BCUT2D eigenvalue weighted by Gasteiger charge is 2.33. The second-order valence-electron chi connectivity index (χ2n) is 6.73. The van der Waals surface area contributed by atoms with Gasteiger partial charge in [0.25, 0.3) is 5.91 Å². The molecule has 1 heterocycles. The molecule has 0 aliphatic carbocycles. The van der Waals surface area contributed by atoms with Gasteiger partial charge in [0.15, 0.2) is 5.69 Å². The van der Waals surface area contributed by atoms with Gasteiger partial charge in [0.05, 0.1) is 0 Å². The Morgan fingerprint density at radius 3 is 2.50 bits per heavy atom. The number of aromatic nitrogens is 2. The molecule has 1 aromatic heterocycles. The van der Waals surface area contributed by atoms with E-state index in [-0.39, 0.29) is 18.1 Å². The number of nitrogens with zero attached hydrogens (tertiary/aromatic N) is 3. The van der Waals surface area contributed by atoms with Gasteiger partial charge in [-0.25, -0.2) is 4.39 Å². The molecular weight excluding hydrogens is 355 g/mol. The molecule has 0 saturated heterocycles. The molecule has 0 spiro atoms. The van der Waals surface area contributed by atoms with Crippen molar-refractivity contribution in [2.45, 2.75) is 32.4 Å². The summed E-state index contributed by atoms with van der Waals surface area (Å²) in [5.41, 5.74) is 0.138. The summed E-state index contributed by atoms with van der Waals surface area (Å²) in [5.74, 6) is -1.24. The van der Waals surface area contributed by atoms with Crippen molar-refractivity contribution in [2.75, 3.05) is 6.54 Å². The monoisotopic (exact) mass is 376 g/mol. The van der Waals surface area contributed by atoms with Crippen molar-refractivity contribution >= 4 is 23.3 Å². The van der Waals surface area contributed by atoms with E-state index in [1.165, 1.54) is 40.6 Å². The van der Waals surface area contributed by atoms with Gasteiger partial charge in [-0.3, -0.25) is 9.59 Å². The van der Waals surface area contributed by atoms with E-state index >= 15 is 0 Å². The summed E-state index contributed by atoms with van der Waals surface area (Å²) in [4.78, 5) is 27.2. The molecule has 1 N–H and O–H groups in total. The Morgan fingerprint density at radius 2 is 2.00 bits per heavy atom. The van der Waals surface area contributed by atoms with Crippen LogP contribution in [0, 0.1) is 5.82 Å². The van der Waals surface area contributed by atoms with E-state index in [0.717, 1.165) is 11.5 Å². The van der Waals surface area contributed by atoms with Crippen molar-refractivity contribution in [3.05, 3.63) is 59.4 Å². The first kappa shape index (κ1) is 19.7. The van der Waals surface area contributed by atoms with Gasteiger partial charge < -0.3 is 10.2 Å². The SMILES string of the molecule is C=CCN(C(=O)c1csnn1)C(C(=O)NC(C)(C)C)c1ccc(F)cc1. The number of hydrogen-bond acceptors (Lipinski definition) is 5. The number of amides is 2. The van der Waals surface area contributed by atoms with Gasteiger partial charge in [0.1, 0.15) is 11.9 Å². The summed E-state index contributed by atoms with van der Waals surface area (Å²) in [6.07, 6.45) is 1.53. The lowest BCUT2D eigenvalue weighted by molar-refractivity contribution is -0.127. The number of halogens is 1. The predicted octanol–water partition coefficient (Wildman–Crippen LogP) is 2.96. The molecule has 8 heteroatoms. The Balaban J connectivity index is 2.47. The van der Waals surface area contributed by atoms with Crippen molar-refractivity contribution in [3.8, 4) is 0 Å². The van der Waals surface area contributed by atoms with Crippen LogP contribution >= 0.6 is 11.5 Å². The summed E-state index contributed by atoms with van der Waals surface area (Å²) in [6.45, 7) is 9.32. The Kier molecular flexibility index (Phi) is 6.20. The van der Waals surface area contributed by atoms with E-state index in [1.54, 1.807) is 0 Å². The largest absolute Gasteiger partial charge is 0.349 e. The number of carbonyl (C=O) groups is 2. The first-order valence-electron chi connectivity index (χ1n) is 7.99. The minimum absolute atomic E-state index is 0.121. The van der Waals surface area contributed by atoms with Crippen LogP contribution in [0.15, 0.2) is 42.3 Å². The molecule has 0 fully saturated rings. The second-order valence-corrected chi connectivity index (χ2v) is 7.34. The van der Waals surface area contributed by atoms with E-state index < -0.39 is 23.3 Å². The number of rotatable bonds is 6. The maximum atomic E-state index is 13.3. The Bertz CT molecular complexity index is 769. The van der Waals surface area contributed by atoms with E-state index in [4.69, 9.17) is 0 Å². The fourth-order valence-electron chi connectivity index (χ4n) is 2.41. The quantitative estimate of drug-likeness (QED) is 0.787. The molecule has 138 valence electrons. The molecule has 2 amide bonds. The lowest BCUT2D eigenvalue weighted by Crippen LogP contribution is -2.49. The molecule has 0 aliphatic rings. The molecule has 0 saturated carbocycles. The van der Waals surface area contributed by atoms with Crippen molar-refractivity contribution in [2.24, 2.45) is 0 Å². The third-order valence-electron chi connectivity index (χ3n) is 3.41. The lowest BCUT2D eigenvalue weighted by Gasteiger charge is -2.32. The molecule has 1 aromatic carbocycles. The number of carbonyl (C=O) groups excluding carboxylic acids is 2. The van der Waals surface area contributed by atoms with Crippen LogP contribution in [0.25, 0.3) is 0 Å². The Morgan fingerprint density at radius 1 is 1.35 bits per heavy atom. The third kappa shape index (κ3) is 4.95. The number of benzene rings is 1. The van der Waals surface area contributed by atoms with Crippen LogP contribution in [0.3, 0.4) is 0 Å². The molecule has 1 atom stereocenters. The third-order valence-corrected chi connectivity index (χ3v) is 3.91. The fraction of sp³-hybridized carbons (Fsp3) is 0.333. The smallest absolute Gasteiger partial charge is 0.276 e.